The van der Waals surface area contributed by atoms with Crippen LogP contribution in [0.2, 0.25) is 0 Å². The molecule has 17 heavy (non-hydrogen) atoms. The average molecular weight is 239 g/mol. The van der Waals surface area contributed by atoms with Gasteiger partial charge in [-0.25, -0.2) is 8.78 Å². The summed E-state index contributed by atoms with van der Waals surface area (Å²) in [5.74, 6) is -0.792. The zero-order valence-corrected chi connectivity index (χ0v) is 9.89. The Bertz CT molecular complexity index is 517. The van der Waals surface area contributed by atoms with E-state index in [0.29, 0.717) is 17.4 Å². The molecule has 1 heterocycles. The summed E-state index contributed by atoms with van der Waals surface area (Å²) < 4.78 is 32.0. The maximum atomic E-state index is 13.8. The first-order valence-corrected chi connectivity index (χ1v) is 5.68. The Balaban J connectivity index is 2.39. The Morgan fingerprint density at radius 2 is 2.06 bits per heavy atom. The number of hydrogen-bond donors (Lipinski definition) is 1. The van der Waals surface area contributed by atoms with Crippen molar-refractivity contribution >= 4 is 11.0 Å². The molecule has 0 aliphatic heterocycles. The number of hydrogen-bond acceptors (Lipinski definition) is 2. The fraction of sp³-hybridized carbons (Fsp3) is 0.385. The normalized spacial score (nSPS) is 13.2. The minimum Gasteiger partial charge on any atom is -0.461 e. The molecule has 1 aromatic heterocycles. The SMILES string of the molecule is CC[C@@H](Cc1cc2c(F)coc2cc1F)NC. The topological polar surface area (TPSA) is 25.2 Å². The van der Waals surface area contributed by atoms with E-state index in [0.717, 1.165) is 12.7 Å². The fourth-order valence-corrected chi connectivity index (χ4v) is 1.94. The lowest BCUT2D eigenvalue weighted by Gasteiger charge is -2.14. The molecule has 0 fully saturated rings. The monoisotopic (exact) mass is 239 g/mol. The highest BCUT2D eigenvalue weighted by atomic mass is 19.1. The van der Waals surface area contributed by atoms with Crippen LogP contribution in [0, 0.1) is 11.6 Å². The third kappa shape index (κ3) is 2.31. The van der Waals surface area contributed by atoms with Crippen molar-refractivity contribution in [2.45, 2.75) is 25.8 Å². The van der Waals surface area contributed by atoms with Gasteiger partial charge in [0.2, 0.25) is 0 Å². The molecule has 4 heteroatoms. The molecule has 2 nitrogen and oxygen atoms in total. The predicted molar refractivity (Wildman–Crippen MR) is 63.0 cm³/mol. The molecule has 1 atom stereocenters. The van der Waals surface area contributed by atoms with Crippen LogP contribution in [0.1, 0.15) is 18.9 Å². The van der Waals surface area contributed by atoms with Gasteiger partial charge >= 0.3 is 0 Å². The van der Waals surface area contributed by atoms with E-state index in [-0.39, 0.29) is 17.4 Å². The lowest BCUT2D eigenvalue weighted by molar-refractivity contribution is 0.521. The second-order valence-corrected chi connectivity index (χ2v) is 4.12. The van der Waals surface area contributed by atoms with Gasteiger partial charge in [-0.05, 0) is 31.5 Å². The molecular formula is C13H15F2NO. The smallest absolute Gasteiger partial charge is 0.169 e. The minimum atomic E-state index is -0.446. The van der Waals surface area contributed by atoms with E-state index in [1.165, 1.54) is 12.1 Å². The molecule has 0 saturated heterocycles. The second kappa shape index (κ2) is 4.84. The number of likely N-dealkylation sites (N-methyl/N-ethyl adjacent to an activating group) is 1. The van der Waals surface area contributed by atoms with E-state index in [4.69, 9.17) is 4.42 Å². The summed E-state index contributed by atoms with van der Waals surface area (Å²) in [5.41, 5.74) is 0.764. The summed E-state index contributed by atoms with van der Waals surface area (Å²) >= 11 is 0. The Morgan fingerprint density at radius 1 is 1.29 bits per heavy atom. The van der Waals surface area contributed by atoms with Crippen LogP contribution >= 0.6 is 0 Å². The zero-order valence-electron chi connectivity index (χ0n) is 9.89. The minimum absolute atomic E-state index is 0.192. The van der Waals surface area contributed by atoms with Gasteiger partial charge in [0.15, 0.2) is 5.82 Å². The Labute approximate surface area is 98.6 Å². The number of halogens is 2. The molecule has 0 radical (unpaired) electrons. The molecular weight excluding hydrogens is 224 g/mol. The summed E-state index contributed by atoms with van der Waals surface area (Å²) in [6, 6.07) is 2.97. The molecule has 0 unspecified atom stereocenters. The van der Waals surface area contributed by atoms with Crippen LogP contribution in [0.25, 0.3) is 11.0 Å². The highest BCUT2D eigenvalue weighted by molar-refractivity contribution is 5.78. The predicted octanol–water partition coefficient (Wildman–Crippen LogP) is 3.25. The molecule has 1 aromatic carbocycles. The lowest BCUT2D eigenvalue weighted by atomic mass is 10.0. The molecule has 0 aliphatic carbocycles. The summed E-state index contributed by atoms with van der Waals surface area (Å²) in [6.07, 6.45) is 2.44. The van der Waals surface area contributed by atoms with Crippen molar-refractivity contribution in [3.05, 3.63) is 35.6 Å². The van der Waals surface area contributed by atoms with E-state index >= 15 is 0 Å². The molecule has 0 saturated carbocycles. The van der Waals surface area contributed by atoms with Crippen molar-refractivity contribution in [3.8, 4) is 0 Å². The molecule has 0 spiro atoms. The Kier molecular flexibility index (Phi) is 3.43. The van der Waals surface area contributed by atoms with Gasteiger partial charge in [-0.3, -0.25) is 0 Å². The average Bonchev–Trinajstić information content (AvgIpc) is 2.67. The number of fused-ring (bicyclic) bond motifs is 1. The molecule has 2 aromatic rings. The first-order chi connectivity index (χ1) is 8.15. The fourth-order valence-electron chi connectivity index (χ4n) is 1.94. The van der Waals surface area contributed by atoms with E-state index in [9.17, 15) is 8.78 Å². The van der Waals surface area contributed by atoms with E-state index in [1.54, 1.807) is 0 Å². The van der Waals surface area contributed by atoms with Gasteiger partial charge in [-0.1, -0.05) is 6.92 Å². The number of furan rings is 1. The van der Waals surface area contributed by atoms with Crippen LogP contribution in [-0.2, 0) is 6.42 Å². The summed E-state index contributed by atoms with van der Waals surface area (Å²) in [7, 11) is 1.84. The van der Waals surface area contributed by atoms with E-state index < -0.39 is 5.82 Å². The Morgan fingerprint density at radius 3 is 2.71 bits per heavy atom. The van der Waals surface area contributed by atoms with Crippen LogP contribution in [0.5, 0.6) is 0 Å². The Hall–Kier alpha value is -1.42. The van der Waals surface area contributed by atoms with Crippen molar-refractivity contribution in [3.63, 3.8) is 0 Å². The van der Waals surface area contributed by atoms with Crippen LogP contribution in [0.3, 0.4) is 0 Å². The molecule has 0 aliphatic rings. The van der Waals surface area contributed by atoms with Crippen molar-refractivity contribution in [2.24, 2.45) is 0 Å². The third-order valence-electron chi connectivity index (χ3n) is 3.06. The number of rotatable bonds is 4. The summed E-state index contributed by atoms with van der Waals surface area (Å²) in [5, 5.41) is 3.44. The first kappa shape index (κ1) is 12.0. The maximum absolute atomic E-state index is 13.8. The van der Waals surface area contributed by atoms with Gasteiger partial charge in [0.05, 0.1) is 5.39 Å². The highest BCUT2D eigenvalue weighted by Gasteiger charge is 2.13. The third-order valence-corrected chi connectivity index (χ3v) is 3.06. The number of benzene rings is 1. The first-order valence-electron chi connectivity index (χ1n) is 5.68. The van der Waals surface area contributed by atoms with E-state index in [1.807, 2.05) is 14.0 Å². The van der Waals surface area contributed by atoms with E-state index in [2.05, 4.69) is 5.32 Å². The van der Waals surface area contributed by atoms with Crippen molar-refractivity contribution in [1.82, 2.24) is 5.32 Å². The van der Waals surface area contributed by atoms with Crippen LogP contribution in [0.15, 0.2) is 22.8 Å². The second-order valence-electron chi connectivity index (χ2n) is 4.12. The van der Waals surface area contributed by atoms with Crippen molar-refractivity contribution < 1.29 is 13.2 Å². The van der Waals surface area contributed by atoms with Gasteiger partial charge in [0.25, 0.3) is 0 Å². The molecule has 92 valence electrons. The molecule has 0 amide bonds. The van der Waals surface area contributed by atoms with Crippen LogP contribution in [0.4, 0.5) is 8.78 Å². The summed E-state index contributed by atoms with van der Waals surface area (Å²) in [6.45, 7) is 2.02. The lowest BCUT2D eigenvalue weighted by Crippen LogP contribution is -2.26. The molecule has 2 rings (SSSR count). The standard InChI is InChI=1S/C13H15F2NO/c1-3-9(16-2)4-8-5-10-12(15)7-17-13(10)6-11(8)14/h5-7,9,16H,3-4H2,1-2H3/t9-/m0/s1. The number of nitrogens with one attached hydrogen (secondary N) is 1. The largest absolute Gasteiger partial charge is 0.461 e. The molecule has 1 N–H and O–H groups in total. The maximum Gasteiger partial charge on any atom is 0.169 e. The van der Waals surface area contributed by atoms with Gasteiger partial charge < -0.3 is 9.73 Å². The summed E-state index contributed by atoms with van der Waals surface area (Å²) in [4.78, 5) is 0. The van der Waals surface area contributed by atoms with Gasteiger partial charge in [0, 0.05) is 12.1 Å². The van der Waals surface area contributed by atoms with Gasteiger partial charge in [0.1, 0.15) is 17.7 Å². The molecule has 0 bridgehead atoms. The van der Waals surface area contributed by atoms with Crippen LogP contribution in [-0.4, -0.2) is 13.1 Å². The van der Waals surface area contributed by atoms with Crippen molar-refractivity contribution in [2.75, 3.05) is 7.05 Å². The highest BCUT2D eigenvalue weighted by Crippen LogP contribution is 2.24. The zero-order chi connectivity index (χ0) is 12.4. The quantitative estimate of drug-likeness (QED) is 0.886. The van der Waals surface area contributed by atoms with Gasteiger partial charge in [-0.15, -0.1) is 0 Å². The van der Waals surface area contributed by atoms with Crippen LogP contribution < -0.4 is 5.32 Å². The van der Waals surface area contributed by atoms with Crippen molar-refractivity contribution in [1.29, 1.82) is 0 Å². The van der Waals surface area contributed by atoms with Gasteiger partial charge in [-0.2, -0.15) is 0 Å².